The van der Waals surface area contributed by atoms with Gasteiger partial charge in [0.15, 0.2) is 11.5 Å². The van der Waals surface area contributed by atoms with Gasteiger partial charge >= 0.3 is 5.97 Å². The van der Waals surface area contributed by atoms with Crippen LogP contribution in [0.4, 0.5) is 0 Å². The van der Waals surface area contributed by atoms with E-state index in [1.165, 1.54) is 20.3 Å². The van der Waals surface area contributed by atoms with Crippen molar-refractivity contribution < 1.29 is 19.4 Å². The topological polar surface area (TPSA) is 81.8 Å². The molecule has 5 heteroatoms. The third-order valence-corrected chi connectivity index (χ3v) is 2.25. The highest BCUT2D eigenvalue weighted by molar-refractivity contribution is 5.70. The average Bonchev–Trinajstić information content (AvgIpc) is 2.29. The highest BCUT2D eigenvalue weighted by atomic mass is 16.5. The summed E-state index contributed by atoms with van der Waals surface area (Å²) >= 11 is 0. The first-order valence-corrected chi connectivity index (χ1v) is 4.77. The number of benzene rings is 1. The molecule has 0 amide bonds. The van der Waals surface area contributed by atoms with E-state index in [1.54, 1.807) is 12.1 Å². The van der Waals surface area contributed by atoms with Gasteiger partial charge in [0.1, 0.15) is 0 Å². The number of esters is 1. The van der Waals surface area contributed by atoms with Crippen LogP contribution >= 0.6 is 0 Å². The Hall–Kier alpha value is -1.75. The number of phenols is 1. The zero-order valence-electron chi connectivity index (χ0n) is 9.27. The summed E-state index contributed by atoms with van der Waals surface area (Å²) in [5, 5.41) is 9.39. The molecule has 1 atom stereocenters. The van der Waals surface area contributed by atoms with Crippen molar-refractivity contribution in [1.29, 1.82) is 0 Å². The highest BCUT2D eigenvalue weighted by Gasteiger charge is 2.13. The third-order valence-electron chi connectivity index (χ3n) is 2.25. The van der Waals surface area contributed by atoms with Gasteiger partial charge in [0.05, 0.1) is 20.6 Å². The molecule has 0 bridgehead atoms. The quantitative estimate of drug-likeness (QED) is 0.746. The van der Waals surface area contributed by atoms with Gasteiger partial charge < -0.3 is 20.3 Å². The normalized spacial score (nSPS) is 11.9. The van der Waals surface area contributed by atoms with E-state index in [-0.39, 0.29) is 18.1 Å². The lowest BCUT2D eigenvalue weighted by molar-refractivity contribution is -0.141. The predicted octanol–water partition coefficient (Wildman–Crippen LogP) is 0.964. The number of hydrogen-bond acceptors (Lipinski definition) is 5. The molecule has 0 saturated heterocycles. The molecular weight excluding hydrogens is 210 g/mol. The van der Waals surface area contributed by atoms with Crippen LogP contribution in [0, 0.1) is 0 Å². The van der Waals surface area contributed by atoms with Crippen LogP contribution in [0.2, 0.25) is 0 Å². The molecule has 16 heavy (non-hydrogen) atoms. The lowest BCUT2D eigenvalue weighted by Crippen LogP contribution is -2.16. The van der Waals surface area contributed by atoms with Crippen molar-refractivity contribution >= 4 is 5.97 Å². The van der Waals surface area contributed by atoms with E-state index in [0.29, 0.717) is 11.3 Å². The maximum atomic E-state index is 11.0. The summed E-state index contributed by atoms with van der Waals surface area (Å²) in [5.74, 6) is -0.00567. The van der Waals surface area contributed by atoms with Crippen molar-refractivity contribution in [2.24, 2.45) is 5.73 Å². The van der Waals surface area contributed by atoms with E-state index in [1.807, 2.05) is 0 Å². The van der Waals surface area contributed by atoms with Crippen LogP contribution in [0.25, 0.3) is 0 Å². The van der Waals surface area contributed by atoms with Crippen LogP contribution in [0.15, 0.2) is 18.2 Å². The summed E-state index contributed by atoms with van der Waals surface area (Å²) in [7, 11) is 2.76. The van der Waals surface area contributed by atoms with Gasteiger partial charge in [-0.2, -0.15) is 0 Å². The van der Waals surface area contributed by atoms with Crippen molar-refractivity contribution in [3.63, 3.8) is 0 Å². The first kappa shape index (κ1) is 12.3. The SMILES string of the molecule is COC(=O)C[C@@H](N)c1ccc(O)c(OC)c1. The zero-order chi connectivity index (χ0) is 12.1. The van der Waals surface area contributed by atoms with Gasteiger partial charge in [-0.3, -0.25) is 4.79 Å². The highest BCUT2D eigenvalue weighted by Crippen LogP contribution is 2.29. The van der Waals surface area contributed by atoms with Crippen LogP contribution in [0.3, 0.4) is 0 Å². The molecule has 0 aromatic heterocycles. The molecule has 0 heterocycles. The Kier molecular flexibility index (Phi) is 4.13. The van der Waals surface area contributed by atoms with Gasteiger partial charge in [0.25, 0.3) is 0 Å². The Morgan fingerprint density at radius 3 is 2.75 bits per heavy atom. The van der Waals surface area contributed by atoms with E-state index in [4.69, 9.17) is 10.5 Å². The molecule has 1 aromatic rings. The Labute approximate surface area is 93.8 Å². The maximum absolute atomic E-state index is 11.0. The van der Waals surface area contributed by atoms with Gasteiger partial charge in [-0.15, -0.1) is 0 Å². The third kappa shape index (κ3) is 2.87. The van der Waals surface area contributed by atoms with Gasteiger partial charge in [-0.25, -0.2) is 0 Å². The van der Waals surface area contributed by atoms with Crippen molar-refractivity contribution in [2.45, 2.75) is 12.5 Å². The molecule has 3 N–H and O–H groups in total. The van der Waals surface area contributed by atoms with Gasteiger partial charge in [-0.1, -0.05) is 6.07 Å². The number of nitrogens with two attached hydrogens (primary N) is 1. The molecule has 0 aliphatic heterocycles. The zero-order valence-corrected chi connectivity index (χ0v) is 9.27. The number of rotatable bonds is 4. The maximum Gasteiger partial charge on any atom is 0.307 e. The summed E-state index contributed by atoms with van der Waals surface area (Å²) in [6.07, 6.45) is 0.0877. The second-order valence-electron chi connectivity index (χ2n) is 3.32. The largest absolute Gasteiger partial charge is 0.504 e. The Morgan fingerprint density at radius 2 is 2.19 bits per heavy atom. The van der Waals surface area contributed by atoms with E-state index in [2.05, 4.69) is 4.74 Å². The fourth-order valence-corrected chi connectivity index (χ4v) is 1.31. The predicted molar refractivity (Wildman–Crippen MR) is 58.2 cm³/mol. The molecule has 0 fully saturated rings. The molecule has 0 aliphatic rings. The molecular formula is C11H15NO4. The minimum atomic E-state index is -0.470. The molecule has 0 spiro atoms. The molecule has 0 saturated carbocycles. The van der Waals surface area contributed by atoms with Gasteiger partial charge in [0.2, 0.25) is 0 Å². The van der Waals surface area contributed by atoms with Gasteiger partial charge in [-0.05, 0) is 17.7 Å². The minimum absolute atomic E-state index is 0.0384. The summed E-state index contributed by atoms with van der Waals surface area (Å²) in [6, 6.07) is 4.25. The second-order valence-corrected chi connectivity index (χ2v) is 3.32. The standard InChI is InChI=1S/C11H15NO4/c1-15-10-5-7(3-4-9(10)13)8(12)6-11(14)16-2/h3-5,8,13H,6,12H2,1-2H3/t8-/m1/s1. The van der Waals surface area contributed by atoms with Crippen molar-refractivity contribution in [1.82, 2.24) is 0 Å². The fraction of sp³-hybridized carbons (Fsp3) is 0.364. The average molecular weight is 225 g/mol. The van der Waals surface area contributed by atoms with Crippen LogP contribution in [0.1, 0.15) is 18.0 Å². The Bertz CT molecular complexity index is 378. The number of aromatic hydroxyl groups is 1. The Balaban J connectivity index is 2.83. The first-order valence-electron chi connectivity index (χ1n) is 4.77. The van der Waals surface area contributed by atoms with Crippen molar-refractivity contribution in [3.8, 4) is 11.5 Å². The summed E-state index contributed by atoms with van der Waals surface area (Å²) in [5.41, 5.74) is 6.52. The van der Waals surface area contributed by atoms with E-state index >= 15 is 0 Å². The molecule has 1 rings (SSSR count). The van der Waals surface area contributed by atoms with E-state index in [9.17, 15) is 9.90 Å². The number of ether oxygens (including phenoxy) is 2. The first-order chi connectivity index (χ1) is 7.58. The molecule has 1 aromatic carbocycles. The minimum Gasteiger partial charge on any atom is -0.504 e. The number of carbonyl (C=O) groups is 1. The van der Waals surface area contributed by atoms with Crippen molar-refractivity contribution in [3.05, 3.63) is 23.8 Å². The van der Waals surface area contributed by atoms with Gasteiger partial charge in [0, 0.05) is 6.04 Å². The monoisotopic (exact) mass is 225 g/mol. The molecule has 0 aliphatic carbocycles. The Morgan fingerprint density at radius 1 is 1.50 bits per heavy atom. The summed E-state index contributed by atoms with van der Waals surface area (Å²) < 4.78 is 9.47. The number of methoxy groups -OCH3 is 2. The number of phenolic OH excluding ortho intramolecular Hbond substituents is 1. The smallest absolute Gasteiger partial charge is 0.307 e. The fourth-order valence-electron chi connectivity index (χ4n) is 1.31. The number of hydrogen-bond donors (Lipinski definition) is 2. The van der Waals surface area contributed by atoms with Crippen LogP contribution in [-0.4, -0.2) is 25.3 Å². The molecule has 0 radical (unpaired) electrons. The molecule has 88 valence electrons. The lowest BCUT2D eigenvalue weighted by Gasteiger charge is -2.12. The van der Waals surface area contributed by atoms with Crippen LogP contribution in [0.5, 0.6) is 11.5 Å². The van der Waals surface area contributed by atoms with Crippen LogP contribution in [-0.2, 0) is 9.53 Å². The summed E-state index contributed by atoms with van der Waals surface area (Å²) in [4.78, 5) is 11.0. The van der Waals surface area contributed by atoms with E-state index < -0.39 is 6.04 Å². The molecule has 5 nitrogen and oxygen atoms in total. The van der Waals surface area contributed by atoms with Crippen LogP contribution < -0.4 is 10.5 Å². The summed E-state index contributed by atoms with van der Waals surface area (Å²) in [6.45, 7) is 0. The molecule has 0 unspecified atom stereocenters. The second kappa shape index (κ2) is 5.37. The van der Waals surface area contributed by atoms with Crippen molar-refractivity contribution in [2.75, 3.05) is 14.2 Å². The number of carbonyl (C=O) groups excluding carboxylic acids is 1. The lowest BCUT2D eigenvalue weighted by atomic mass is 10.0. The van der Waals surface area contributed by atoms with E-state index in [0.717, 1.165) is 0 Å².